The van der Waals surface area contributed by atoms with E-state index >= 15 is 0 Å². The lowest BCUT2D eigenvalue weighted by Gasteiger charge is -2.17. The number of hydrogen-bond donors (Lipinski definition) is 0. The van der Waals surface area contributed by atoms with Gasteiger partial charge in [0.05, 0.1) is 20.0 Å². The summed E-state index contributed by atoms with van der Waals surface area (Å²) in [5, 5.41) is 0. The highest BCUT2D eigenvalue weighted by atomic mass is 16.6. The minimum absolute atomic E-state index is 0. The molecule has 0 aliphatic rings. The number of Topliss-reactive ketones (excluding diaryl/α,β-unsaturated/α-hetero) is 1. The number of rotatable bonds is 14. The van der Waals surface area contributed by atoms with E-state index < -0.39 is 24.0 Å². The van der Waals surface area contributed by atoms with Gasteiger partial charge in [0.2, 0.25) is 0 Å². The van der Waals surface area contributed by atoms with E-state index in [-0.39, 0.29) is 45.7 Å². The number of carbonyl (C=O) groups excluding carboxylic acids is 5. The zero-order valence-corrected chi connectivity index (χ0v) is 22.4. The highest BCUT2D eigenvalue weighted by Crippen LogP contribution is 2.01. The summed E-state index contributed by atoms with van der Waals surface area (Å²) < 4.78 is 19.4. The summed E-state index contributed by atoms with van der Waals surface area (Å²) in [4.78, 5) is 54.1. The van der Waals surface area contributed by atoms with E-state index in [9.17, 15) is 24.0 Å². The van der Waals surface area contributed by atoms with Crippen molar-refractivity contribution in [3.05, 3.63) is 24.3 Å². The Hall–Kier alpha value is -2.97. The maximum Gasteiger partial charge on any atom is 1.00 e. The Kier molecular flexibility index (Phi) is 28.5. The first-order valence-electron chi connectivity index (χ1n) is 12.0. The number of ketones is 1. The summed E-state index contributed by atoms with van der Waals surface area (Å²) in [6.07, 6.45) is 10.0. The van der Waals surface area contributed by atoms with Gasteiger partial charge in [-0.1, -0.05) is 58.9 Å². The maximum atomic E-state index is 11.5. The SMILES string of the molecule is CC/C=C/CC(=O)OC.CC/C=C/CC(=O)OCC(COC(=O)CC)OC(=O)CC.CCC(C)=O.[H+]. The second-order valence-corrected chi connectivity index (χ2v) is 6.98. The minimum Gasteiger partial charge on any atom is -0.469 e. The van der Waals surface area contributed by atoms with Crippen LogP contribution in [-0.2, 0) is 42.9 Å². The second-order valence-electron chi connectivity index (χ2n) is 6.98. The van der Waals surface area contributed by atoms with Gasteiger partial charge in [-0.2, -0.15) is 0 Å². The Labute approximate surface area is 211 Å². The molecule has 9 nitrogen and oxygen atoms in total. The van der Waals surface area contributed by atoms with Gasteiger partial charge in [0.15, 0.2) is 6.10 Å². The predicted molar refractivity (Wildman–Crippen MR) is 135 cm³/mol. The lowest BCUT2D eigenvalue weighted by Crippen LogP contribution is -2.30. The van der Waals surface area contributed by atoms with Crippen LogP contribution in [0.25, 0.3) is 0 Å². The van der Waals surface area contributed by atoms with Gasteiger partial charge >= 0.3 is 25.3 Å². The molecule has 1 unspecified atom stereocenters. The first kappa shape index (κ1) is 36.6. The van der Waals surface area contributed by atoms with Crippen LogP contribution in [0.4, 0.5) is 0 Å². The molecule has 0 fully saturated rings. The van der Waals surface area contributed by atoms with Crippen LogP contribution in [0.3, 0.4) is 0 Å². The van der Waals surface area contributed by atoms with Crippen LogP contribution in [0.15, 0.2) is 24.3 Å². The van der Waals surface area contributed by atoms with Crippen molar-refractivity contribution in [1.29, 1.82) is 0 Å². The average molecular weight is 502 g/mol. The van der Waals surface area contributed by atoms with E-state index in [2.05, 4.69) is 4.74 Å². The van der Waals surface area contributed by atoms with E-state index in [4.69, 9.17) is 14.2 Å². The summed E-state index contributed by atoms with van der Waals surface area (Å²) in [5.41, 5.74) is 0. The largest absolute Gasteiger partial charge is 1.00 e. The Morgan fingerprint density at radius 3 is 1.46 bits per heavy atom. The first-order chi connectivity index (χ1) is 16.6. The van der Waals surface area contributed by atoms with Gasteiger partial charge in [0.1, 0.15) is 19.0 Å². The van der Waals surface area contributed by atoms with Gasteiger partial charge in [-0.05, 0) is 19.8 Å². The maximum absolute atomic E-state index is 11.5. The summed E-state index contributed by atoms with van der Waals surface area (Å²) in [5.74, 6) is -1.18. The zero-order chi connectivity index (χ0) is 27.5. The van der Waals surface area contributed by atoms with Crippen LogP contribution < -0.4 is 0 Å². The molecule has 0 aromatic rings. The summed E-state index contributed by atoms with van der Waals surface area (Å²) >= 11 is 0. The van der Waals surface area contributed by atoms with Crippen LogP contribution in [0, 0.1) is 0 Å². The van der Waals surface area contributed by atoms with Crippen molar-refractivity contribution in [3.8, 4) is 0 Å². The van der Waals surface area contributed by atoms with Gasteiger partial charge < -0.3 is 23.7 Å². The van der Waals surface area contributed by atoms with Crippen LogP contribution in [-0.4, -0.2) is 56.1 Å². The Bertz CT molecular complexity index is 658. The Balaban J connectivity index is -0.000000281. The second kappa shape index (κ2) is 27.3. The average Bonchev–Trinajstić information content (AvgIpc) is 2.86. The molecule has 0 aliphatic carbocycles. The molecule has 0 aromatic heterocycles. The van der Waals surface area contributed by atoms with Crippen LogP contribution in [0.5, 0.6) is 0 Å². The van der Waals surface area contributed by atoms with Gasteiger partial charge in [0, 0.05) is 19.3 Å². The molecule has 0 aliphatic heterocycles. The quantitative estimate of drug-likeness (QED) is 0.188. The molecule has 0 heterocycles. The molecule has 0 aromatic carbocycles. The molecule has 0 saturated carbocycles. The van der Waals surface area contributed by atoms with Crippen LogP contribution in [0.1, 0.15) is 87.9 Å². The fourth-order valence-electron chi connectivity index (χ4n) is 1.69. The number of esters is 4. The third-order valence-electron chi connectivity index (χ3n) is 3.84. The monoisotopic (exact) mass is 501 g/mol. The van der Waals surface area contributed by atoms with Crippen molar-refractivity contribution in [1.82, 2.24) is 0 Å². The molecule has 0 radical (unpaired) electrons. The smallest absolute Gasteiger partial charge is 0.469 e. The molecular formula is C26H45O9+. The van der Waals surface area contributed by atoms with Gasteiger partial charge in [-0.15, -0.1) is 0 Å². The fraction of sp³-hybridized carbons (Fsp3) is 0.654. The highest BCUT2D eigenvalue weighted by molar-refractivity contribution is 5.75. The van der Waals surface area contributed by atoms with E-state index in [1.807, 2.05) is 39.0 Å². The number of allylic oxidation sites excluding steroid dienone is 2. The minimum atomic E-state index is -0.771. The Morgan fingerprint density at radius 2 is 1.09 bits per heavy atom. The molecule has 0 N–H and O–H groups in total. The molecule has 0 rings (SSSR count). The van der Waals surface area contributed by atoms with Crippen molar-refractivity contribution in [2.75, 3.05) is 20.3 Å². The van der Waals surface area contributed by atoms with Crippen molar-refractivity contribution < 1.29 is 44.3 Å². The number of methoxy groups -OCH3 is 1. The molecule has 0 saturated heterocycles. The predicted octanol–water partition coefficient (Wildman–Crippen LogP) is 4.77. The first-order valence-corrected chi connectivity index (χ1v) is 12.0. The lowest BCUT2D eigenvalue weighted by atomic mass is 10.3. The third-order valence-corrected chi connectivity index (χ3v) is 3.84. The Morgan fingerprint density at radius 1 is 0.657 bits per heavy atom. The summed E-state index contributed by atoms with van der Waals surface area (Å²) in [6.45, 7) is 10.5. The fourth-order valence-corrected chi connectivity index (χ4v) is 1.69. The van der Waals surface area contributed by atoms with Crippen molar-refractivity contribution in [2.24, 2.45) is 0 Å². The molecule has 0 amide bonds. The van der Waals surface area contributed by atoms with Crippen molar-refractivity contribution in [3.63, 3.8) is 0 Å². The van der Waals surface area contributed by atoms with Gasteiger partial charge in [-0.3, -0.25) is 19.2 Å². The van der Waals surface area contributed by atoms with Crippen molar-refractivity contribution in [2.45, 2.75) is 92.6 Å². The molecular weight excluding hydrogens is 456 g/mol. The van der Waals surface area contributed by atoms with E-state index in [1.165, 1.54) is 7.11 Å². The summed E-state index contributed by atoms with van der Waals surface area (Å²) in [7, 11) is 1.39. The standard InChI is InChI=1S/C15H24O6.C7H12O2.C4H8O/c1-4-7-8-9-15(18)20-11-12(21-14(17)6-3)10-19-13(16)5-2;1-3-4-5-6-7(8)9-2;1-3-4(2)5/h7-8,12H,4-6,9-11H2,1-3H3;4-5H,3,6H2,1-2H3;3H2,1-2H3/p+1/b8-7+;5-4+;. The lowest BCUT2D eigenvalue weighted by molar-refractivity contribution is -0.166. The van der Waals surface area contributed by atoms with Crippen LogP contribution >= 0.6 is 0 Å². The normalized spacial score (nSPS) is 10.8. The van der Waals surface area contributed by atoms with Gasteiger partial charge in [0.25, 0.3) is 0 Å². The number of hydrogen-bond acceptors (Lipinski definition) is 9. The van der Waals surface area contributed by atoms with E-state index in [1.54, 1.807) is 26.8 Å². The zero-order valence-electron chi connectivity index (χ0n) is 23.4. The molecule has 1 atom stereocenters. The molecule has 202 valence electrons. The third kappa shape index (κ3) is 31.0. The van der Waals surface area contributed by atoms with Gasteiger partial charge in [-0.25, -0.2) is 0 Å². The molecule has 0 bridgehead atoms. The number of ether oxygens (including phenoxy) is 4. The van der Waals surface area contributed by atoms with Crippen molar-refractivity contribution >= 4 is 29.7 Å². The van der Waals surface area contributed by atoms with Crippen LogP contribution in [0.2, 0.25) is 0 Å². The molecule has 0 spiro atoms. The number of carbonyl (C=O) groups is 5. The molecule has 9 heteroatoms. The van der Waals surface area contributed by atoms with E-state index in [0.29, 0.717) is 12.8 Å². The van der Waals surface area contributed by atoms with E-state index in [0.717, 1.165) is 12.8 Å². The molecule has 35 heavy (non-hydrogen) atoms. The highest BCUT2D eigenvalue weighted by Gasteiger charge is 2.18. The topological polar surface area (TPSA) is 122 Å². The summed E-state index contributed by atoms with van der Waals surface area (Å²) in [6, 6.07) is 0.